The summed E-state index contributed by atoms with van der Waals surface area (Å²) in [7, 11) is 5.98. The number of phenols is 4. The fraction of sp³-hybridized carbons (Fsp3) is 0.569. The van der Waals surface area contributed by atoms with Crippen LogP contribution >= 0.6 is 0 Å². The van der Waals surface area contributed by atoms with Crippen molar-refractivity contribution in [3.05, 3.63) is 103 Å². The third kappa shape index (κ3) is 11.6. The summed E-state index contributed by atoms with van der Waals surface area (Å²) >= 11 is 0. The molecule has 4 aliphatic carbocycles. The number of carbonyl (C=O) groups excluding carboxylic acids is 6. The minimum atomic E-state index is -1.99. The highest BCUT2D eigenvalue weighted by atomic mass is 16.7. The number of piperidine rings is 1. The molecule has 7 N–H and O–H groups in total. The zero-order valence-corrected chi connectivity index (χ0v) is 57.2. The number of methoxy groups -OCH3 is 4. The Morgan fingerprint density at radius 2 is 1.11 bits per heavy atom. The number of aromatic hydroxyl groups is 4. The number of nitrogens with zero attached hydrogens (tertiary/aromatic N) is 3. The van der Waals surface area contributed by atoms with E-state index in [9.17, 15) is 59.4 Å². The van der Waals surface area contributed by atoms with E-state index in [4.69, 9.17) is 52.1 Å². The molecule has 532 valence electrons. The third-order valence-electron chi connectivity index (χ3n) is 21.5. The van der Waals surface area contributed by atoms with Crippen molar-refractivity contribution in [1.82, 2.24) is 15.2 Å². The number of Topliss-reactive ketones (excluding diaryl/α,β-unsaturated/α-hetero) is 1. The first-order valence-corrected chi connectivity index (χ1v) is 33.9. The Morgan fingerprint density at radius 3 is 1.59 bits per heavy atom. The van der Waals surface area contributed by atoms with Crippen LogP contribution in [-0.2, 0) is 65.1 Å². The van der Waals surface area contributed by atoms with Crippen molar-refractivity contribution in [2.45, 2.75) is 204 Å². The standard InChI is InChI=1S/C37H45N3O12.C35H41NO11/c1-7-23(38-39-34(45)16(2)3)37(46)14-19-26(32(44)28-27(30(19)42)29(41)18-9-8-10-21(47-5)25(18)31(28)43)22(15-37)51-24-13-20-33(17(4)50-24)52-35-36(48-6)49-12-11-40(20)35;1-15(2)33(41)35(42)13-18-25(31(40)27-26(29(18)38)28(37)17-8-6-9-20(43-4)24(17)30(27)39)22(14-35)46-23-12-19-32(16(3)45-23)47-34-21(44-5)10-7-11-36(19)34/h8-10,16-17,20,22,24,33,35-36,42,44,46H,7,11-15H2,1-6H3,(H,39,45);6,8-9,15-16,19,21-23,32,34,38,40,42H,7,10-14H2,1-5H3/b38-23+;/t17-,20-,22-,24-,33+,35+,36-,37-;16-,19-,21-,22-,23-,32+,34+,35-/m00/s1. The van der Waals surface area contributed by atoms with E-state index in [1.165, 1.54) is 38.5 Å². The molecule has 27 heteroatoms. The lowest BCUT2D eigenvalue weighted by Gasteiger charge is -2.44. The van der Waals surface area contributed by atoms with Crippen molar-refractivity contribution in [2.75, 3.05) is 48.1 Å². The van der Waals surface area contributed by atoms with Gasteiger partial charge in [-0.1, -0.05) is 58.9 Å². The molecule has 0 spiro atoms. The predicted molar refractivity (Wildman–Crippen MR) is 347 cm³/mol. The summed E-state index contributed by atoms with van der Waals surface area (Å²) in [4.78, 5) is 86.2. The number of hydrazone groups is 1. The van der Waals surface area contributed by atoms with Gasteiger partial charge in [-0.2, -0.15) is 5.10 Å². The number of benzene rings is 4. The van der Waals surface area contributed by atoms with Crippen molar-refractivity contribution in [2.24, 2.45) is 16.9 Å². The maximum absolute atomic E-state index is 14.1. The summed E-state index contributed by atoms with van der Waals surface area (Å²) in [5.41, 5.74) is -2.58. The average molecular weight is 1380 g/mol. The van der Waals surface area contributed by atoms with E-state index in [0.717, 1.165) is 19.4 Å². The number of nitrogens with one attached hydrogen (secondary N) is 1. The van der Waals surface area contributed by atoms with Crippen LogP contribution in [0.4, 0.5) is 0 Å². The number of carbonyl (C=O) groups is 6. The van der Waals surface area contributed by atoms with E-state index in [1.54, 1.807) is 61.0 Å². The largest absolute Gasteiger partial charge is 0.507 e. The fourth-order valence-electron chi connectivity index (χ4n) is 16.8. The van der Waals surface area contributed by atoms with Gasteiger partial charge in [0.05, 0.1) is 90.4 Å². The molecule has 6 heterocycles. The van der Waals surface area contributed by atoms with Gasteiger partial charge in [0.2, 0.25) is 17.5 Å². The molecule has 0 saturated carbocycles. The molecule has 14 rings (SSSR count). The van der Waals surface area contributed by atoms with Gasteiger partial charge in [-0.3, -0.25) is 38.6 Å². The third-order valence-corrected chi connectivity index (χ3v) is 21.5. The molecule has 0 unspecified atom stereocenters. The molecule has 0 bridgehead atoms. The van der Waals surface area contributed by atoms with Crippen LogP contribution in [0, 0.1) is 11.8 Å². The monoisotopic (exact) mass is 1370 g/mol. The van der Waals surface area contributed by atoms with Gasteiger partial charge in [0, 0.05) is 123 Å². The van der Waals surface area contributed by atoms with Crippen LogP contribution in [0.25, 0.3) is 0 Å². The summed E-state index contributed by atoms with van der Waals surface area (Å²) in [6.45, 7) is 14.1. The van der Waals surface area contributed by atoms with Gasteiger partial charge < -0.3 is 82.7 Å². The smallest absolute Gasteiger partial charge is 0.242 e. The van der Waals surface area contributed by atoms with Crippen LogP contribution in [0.15, 0.2) is 41.5 Å². The number of ketones is 5. The highest BCUT2D eigenvalue weighted by Crippen LogP contribution is 2.56. The molecule has 16 atom stereocenters. The maximum Gasteiger partial charge on any atom is 0.242 e. The fourth-order valence-corrected chi connectivity index (χ4v) is 16.8. The van der Waals surface area contributed by atoms with Gasteiger partial charge in [-0.25, -0.2) is 5.43 Å². The van der Waals surface area contributed by atoms with Gasteiger partial charge in [-0.15, -0.1) is 0 Å². The zero-order chi connectivity index (χ0) is 70.7. The van der Waals surface area contributed by atoms with E-state index in [2.05, 4.69) is 20.3 Å². The lowest BCUT2D eigenvalue weighted by Crippen LogP contribution is -2.55. The molecule has 6 fully saturated rings. The summed E-state index contributed by atoms with van der Waals surface area (Å²) in [5.74, 6) is -6.50. The van der Waals surface area contributed by atoms with Gasteiger partial charge in [-0.05, 0) is 45.2 Å². The van der Waals surface area contributed by atoms with Crippen molar-refractivity contribution >= 4 is 40.5 Å². The molecule has 1 amide bonds. The predicted octanol–water partition coefficient (Wildman–Crippen LogP) is 5.87. The minimum Gasteiger partial charge on any atom is -0.507 e. The van der Waals surface area contributed by atoms with Crippen LogP contribution in [0.3, 0.4) is 0 Å². The number of rotatable bonds is 14. The lowest BCUT2D eigenvalue weighted by atomic mass is 9.70. The first-order valence-electron chi connectivity index (χ1n) is 33.9. The Labute approximate surface area is 571 Å². The molecule has 4 aromatic rings. The highest BCUT2D eigenvalue weighted by Gasteiger charge is 2.58. The number of phenolic OH excluding ortho intramolecular Hbond substituents is 4. The molecular formula is C72H86N4O23. The van der Waals surface area contributed by atoms with Crippen molar-refractivity contribution < 1.29 is 112 Å². The Bertz CT molecular complexity index is 3990. The Kier molecular flexibility index (Phi) is 19.0. The van der Waals surface area contributed by atoms with Gasteiger partial charge in [0.25, 0.3) is 0 Å². The molecule has 6 aliphatic heterocycles. The van der Waals surface area contributed by atoms with E-state index in [-0.39, 0.29) is 171 Å². The highest BCUT2D eigenvalue weighted by molar-refractivity contribution is 6.32. The summed E-state index contributed by atoms with van der Waals surface area (Å²) in [6, 6.07) is 8.89. The molecule has 10 aliphatic rings. The van der Waals surface area contributed by atoms with E-state index < -0.39 is 112 Å². The number of hydrogen-bond donors (Lipinski definition) is 7. The van der Waals surface area contributed by atoms with Crippen molar-refractivity contribution in [3.63, 3.8) is 0 Å². The van der Waals surface area contributed by atoms with Crippen LogP contribution < -0.4 is 14.9 Å². The summed E-state index contributed by atoms with van der Waals surface area (Å²) in [5, 5.41) is 76.1. The van der Waals surface area contributed by atoms with Crippen LogP contribution in [0.1, 0.15) is 192 Å². The first kappa shape index (κ1) is 70.1. The first-order chi connectivity index (χ1) is 47.2. The van der Waals surface area contributed by atoms with Crippen LogP contribution in [0.2, 0.25) is 0 Å². The minimum absolute atomic E-state index is 0.00707. The number of aliphatic hydroxyl groups is 2. The van der Waals surface area contributed by atoms with E-state index in [0.29, 0.717) is 26.0 Å². The number of fused-ring (bicyclic) bond motifs is 12. The number of hydrogen-bond acceptors (Lipinski definition) is 26. The summed E-state index contributed by atoms with van der Waals surface area (Å²) < 4.78 is 66.4. The van der Waals surface area contributed by atoms with Gasteiger partial charge in [0.15, 0.2) is 42.4 Å². The molecule has 6 saturated heterocycles. The van der Waals surface area contributed by atoms with Crippen molar-refractivity contribution in [1.29, 1.82) is 0 Å². The SMILES string of the molecule is CC/C(=N\NC(=O)C(C)C)[C@]1(O)Cc2c(O)c3c(c(O)c2[C@@H](O[C@H]2C[C@H]4[C@H](O[C@@H]5[C@@H](OC)OCCN54)[C@H](C)O2)C1)C(=O)c1c(OC)cccc1C3=O.COc1cccc2c1C(=O)c1c(O)c3c(c(O)c1C2=O)C[C@@](O)(C(=O)C(C)C)C[C@@H]3O[C@H]1C[C@H]2[C@H](O[C@@H]3[C@@H](OC)CCCN32)[C@H](C)O1. The molecule has 0 aromatic heterocycles. The number of amides is 1. The Morgan fingerprint density at radius 1 is 0.626 bits per heavy atom. The maximum atomic E-state index is 14.1. The molecule has 99 heavy (non-hydrogen) atoms. The van der Waals surface area contributed by atoms with Crippen molar-refractivity contribution in [3.8, 4) is 34.5 Å². The van der Waals surface area contributed by atoms with E-state index in [1.807, 2.05) is 13.8 Å². The Balaban J connectivity index is 0.000000179. The molecule has 4 aromatic carbocycles. The van der Waals surface area contributed by atoms with Crippen LogP contribution in [0.5, 0.6) is 34.5 Å². The second-order valence-electron chi connectivity index (χ2n) is 27.9. The topological polar surface area (TPSA) is 356 Å². The number of ether oxygens (including phenoxy) is 11. The lowest BCUT2D eigenvalue weighted by molar-refractivity contribution is -0.255. The number of morpholine rings is 1. The second kappa shape index (κ2) is 26.9. The molecule has 0 radical (unpaired) electrons. The summed E-state index contributed by atoms with van der Waals surface area (Å²) in [6.07, 6.45) is -5.13. The quantitative estimate of drug-likeness (QED) is 0.0381. The second-order valence-corrected chi connectivity index (χ2v) is 27.9. The van der Waals surface area contributed by atoms with E-state index >= 15 is 0 Å². The van der Waals surface area contributed by atoms with Gasteiger partial charge >= 0.3 is 0 Å². The average Bonchev–Trinajstić information content (AvgIpc) is 1.51. The molecular weight excluding hydrogens is 1290 g/mol. The molecule has 27 nitrogen and oxygen atoms in total. The van der Waals surface area contributed by atoms with Crippen LogP contribution in [-0.4, -0.2) is 214 Å². The zero-order valence-electron chi connectivity index (χ0n) is 57.2. The Hall–Kier alpha value is -7.35. The van der Waals surface area contributed by atoms with Gasteiger partial charge in [0.1, 0.15) is 64.1 Å². The normalized spacial score (nSPS) is 32.2.